The van der Waals surface area contributed by atoms with Gasteiger partial charge in [0.1, 0.15) is 11.1 Å². The molecule has 0 aliphatic heterocycles. The lowest BCUT2D eigenvalue weighted by molar-refractivity contribution is -0.133. The minimum atomic E-state index is -3.53. The summed E-state index contributed by atoms with van der Waals surface area (Å²) in [5.41, 5.74) is 0.886. The Kier molecular flexibility index (Phi) is 7.35. The Bertz CT molecular complexity index is 613. The van der Waals surface area contributed by atoms with Crippen LogP contribution >= 0.6 is 11.6 Å². The van der Waals surface area contributed by atoms with Crippen molar-refractivity contribution < 1.29 is 17.4 Å². The summed E-state index contributed by atoms with van der Waals surface area (Å²) in [5.74, 6) is 0.0659. The van der Waals surface area contributed by atoms with Crippen molar-refractivity contribution in [1.82, 2.24) is 4.90 Å². The minimum absolute atomic E-state index is 0.0695. The fraction of sp³-hybridized carbons (Fsp3) is 0.562. The van der Waals surface area contributed by atoms with Gasteiger partial charge in [-0.05, 0) is 44.9 Å². The fourth-order valence-electron chi connectivity index (χ4n) is 1.95. The molecule has 130 valence electrons. The fourth-order valence-corrected chi connectivity index (χ4v) is 2.60. The molecule has 7 heteroatoms. The predicted molar refractivity (Wildman–Crippen MR) is 92.1 cm³/mol. The molecule has 0 aliphatic carbocycles. The first-order chi connectivity index (χ1) is 10.7. The molecule has 0 N–H and O–H groups in total. The first-order valence-electron chi connectivity index (χ1n) is 7.65. The summed E-state index contributed by atoms with van der Waals surface area (Å²) in [6.07, 6.45) is 0.825. The molecule has 0 aromatic heterocycles. The third-order valence-corrected chi connectivity index (χ3v) is 4.94. The third kappa shape index (κ3) is 6.03. The maximum atomic E-state index is 12.2. The van der Waals surface area contributed by atoms with Crippen molar-refractivity contribution in [1.29, 1.82) is 0 Å². The Balaban J connectivity index is 2.88. The molecule has 0 bridgehead atoms. The van der Waals surface area contributed by atoms with Gasteiger partial charge in [-0.1, -0.05) is 19.1 Å². The van der Waals surface area contributed by atoms with E-state index >= 15 is 0 Å². The molecule has 0 saturated carbocycles. The molecule has 1 aromatic rings. The molecule has 23 heavy (non-hydrogen) atoms. The van der Waals surface area contributed by atoms with Gasteiger partial charge < -0.3 is 9.08 Å². The molecule has 1 rings (SSSR count). The maximum absolute atomic E-state index is 12.2. The van der Waals surface area contributed by atoms with Crippen LogP contribution in [0.2, 0.25) is 0 Å². The maximum Gasteiger partial charge on any atom is 0.308 e. The molecule has 0 saturated heterocycles. The molecule has 5 nitrogen and oxygen atoms in total. The second kappa shape index (κ2) is 8.55. The van der Waals surface area contributed by atoms with Gasteiger partial charge in [0.05, 0.1) is 5.75 Å². The van der Waals surface area contributed by atoms with Crippen LogP contribution < -0.4 is 4.18 Å². The molecule has 0 heterocycles. The molecule has 0 radical (unpaired) electrons. The number of amides is 1. The van der Waals surface area contributed by atoms with E-state index < -0.39 is 15.5 Å². The molecule has 0 unspecified atom stereocenters. The van der Waals surface area contributed by atoms with Crippen LogP contribution in [0, 0.1) is 0 Å². The van der Waals surface area contributed by atoms with Gasteiger partial charge in [-0.3, -0.25) is 4.79 Å². The van der Waals surface area contributed by atoms with E-state index in [1.165, 1.54) is 6.92 Å². The summed E-state index contributed by atoms with van der Waals surface area (Å²) in [6.45, 7) is 7.59. The van der Waals surface area contributed by atoms with E-state index in [2.05, 4.69) is 0 Å². The van der Waals surface area contributed by atoms with Crippen molar-refractivity contribution in [2.45, 2.75) is 52.1 Å². The zero-order valence-electron chi connectivity index (χ0n) is 14.0. The highest BCUT2D eigenvalue weighted by atomic mass is 35.5. The van der Waals surface area contributed by atoms with Crippen LogP contribution in [0.15, 0.2) is 24.3 Å². The summed E-state index contributed by atoms with van der Waals surface area (Å²) in [4.78, 5) is 14.0. The van der Waals surface area contributed by atoms with E-state index in [0.717, 1.165) is 12.0 Å². The van der Waals surface area contributed by atoms with Crippen molar-refractivity contribution in [3.63, 3.8) is 0 Å². The van der Waals surface area contributed by atoms with Gasteiger partial charge >= 0.3 is 10.1 Å². The topological polar surface area (TPSA) is 63.7 Å². The second-order valence-corrected chi connectivity index (χ2v) is 7.93. The monoisotopic (exact) mass is 361 g/mol. The minimum Gasteiger partial charge on any atom is -0.382 e. The molecule has 0 fully saturated rings. The molecule has 0 aliphatic rings. The lowest BCUT2D eigenvalue weighted by Crippen LogP contribution is -2.41. The van der Waals surface area contributed by atoms with Gasteiger partial charge in [-0.2, -0.15) is 8.42 Å². The Hall–Kier alpha value is -1.27. The molecule has 1 amide bonds. The van der Waals surface area contributed by atoms with Gasteiger partial charge in [-0.25, -0.2) is 0 Å². The molecule has 1 aromatic carbocycles. The first-order valence-corrected chi connectivity index (χ1v) is 9.67. The summed E-state index contributed by atoms with van der Waals surface area (Å²) in [6, 6.07) is 6.75. The summed E-state index contributed by atoms with van der Waals surface area (Å²) in [7, 11) is -3.53. The number of alkyl halides is 1. The lowest BCUT2D eigenvalue weighted by atomic mass is 10.1. The zero-order chi connectivity index (χ0) is 17.6. The molecular formula is C16H24ClNO4S. The smallest absolute Gasteiger partial charge is 0.308 e. The number of hydrogen-bond donors (Lipinski definition) is 0. The quantitative estimate of drug-likeness (QED) is 0.527. The van der Waals surface area contributed by atoms with Crippen LogP contribution in [0.3, 0.4) is 0 Å². The van der Waals surface area contributed by atoms with E-state index in [1.807, 2.05) is 13.8 Å². The molecular weight excluding hydrogens is 338 g/mol. The number of carbonyl (C=O) groups is 1. The summed E-state index contributed by atoms with van der Waals surface area (Å²) >= 11 is 5.93. The van der Waals surface area contributed by atoms with E-state index in [1.54, 1.807) is 36.1 Å². The number of carbonyl (C=O) groups excluding carboxylic acids is 1. The van der Waals surface area contributed by atoms with Crippen molar-refractivity contribution in [2.75, 3.05) is 5.75 Å². The van der Waals surface area contributed by atoms with Gasteiger partial charge in [0.15, 0.2) is 0 Å². The van der Waals surface area contributed by atoms with Gasteiger partial charge in [0.2, 0.25) is 5.91 Å². The number of benzene rings is 1. The lowest BCUT2D eigenvalue weighted by Gasteiger charge is -2.29. The van der Waals surface area contributed by atoms with E-state index in [4.69, 9.17) is 15.8 Å². The Labute approximate surface area is 143 Å². The zero-order valence-corrected chi connectivity index (χ0v) is 15.5. The van der Waals surface area contributed by atoms with E-state index in [9.17, 15) is 13.2 Å². The van der Waals surface area contributed by atoms with E-state index in [-0.39, 0.29) is 23.5 Å². The van der Waals surface area contributed by atoms with Gasteiger partial charge in [0.25, 0.3) is 0 Å². The van der Waals surface area contributed by atoms with Gasteiger partial charge in [-0.15, -0.1) is 11.6 Å². The average molecular weight is 362 g/mol. The standard InChI is InChI=1S/C16H24ClNO4S/c1-5-12(3)18(16(19)13(4)17)11-14-7-9-15(10-8-14)22-23(20,21)6-2/h7-10,12-13H,5-6,11H2,1-4H3/t12-,13+/m1/s1. The normalized spacial score (nSPS) is 14.1. The van der Waals surface area contributed by atoms with Crippen LogP contribution in [0.1, 0.15) is 39.7 Å². The predicted octanol–water partition coefficient (Wildman–Crippen LogP) is 3.17. The number of rotatable bonds is 8. The van der Waals surface area contributed by atoms with Crippen LogP contribution in [0.25, 0.3) is 0 Å². The van der Waals surface area contributed by atoms with Crippen molar-refractivity contribution in [3.8, 4) is 5.75 Å². The van der Waals surface area contributed by atoms with Crippen LogP contribution in [0.4, 0.5) is 0 Å². The first kappa shape index (κ1) is 19.8. The Morgan fingerprint density at radius 2 is 1.78 bits per heavy atom. The number of halogens is 1. The molecule has 2 atom stereocenters. The summed E-state index contributed by atoms with van der Waals surface area (Å²) in [5, 5.41) is -0.582. The van der Waals surface area contributed by atoms with Crippen molar-refractivity contribution in [2.24, 2.45) is 0 Å². The van der Waals surface area contributed by atoms with Crippen LogP contribution in [-0.2, 0) is 21.5 Å². The van der Waals surface area contributed by atoms with Crippen LogP contribution in [-0.4, -0.2) is 36.4 Å². The van der Waals surface area contributed by atoms with Crippen molar-refractivity contribution in [3.05, 3.63) is 29.8 Å². The van der Waals surface area contributed by atoms with Crippen molar-refractivity contribution >= 4 is 27.6 Å². The largest absolute Gasteiger partial charge is 0.382 e. The SMILES string of the molecule is CC[C@@H](C)N(Cc1ccc(OS(=O)(=O)CC)cc1)C(=O)[C@H](C)Cl. The number of nitrogens with zero attached hydrogens (tertiary/aromatic N) is 1. The highest BCUT2D eigenvalue weighted by Crippen LogP contribution is 2.18. The molecule has 0 spiro atoms. The highest BCUT2D eigenvalue weighted by Gasteiger charge is 2.23. The van der Waals surface area contributed by atoms with E-state index in [0.29, 0.717) is 6.54 Å². The third-order valence-electron chi connectivity index (χ3n) is 3.60. The number of hydrogen-bond acceptors (Lipinski definition) is 4. The highest BCUT2D eigenvalue weighted by molar-refractivity contribution is 7.87. The summed E-state index contributed by atoms with van der Waals surface area (Å²) < 4.78 is 27.8. The average Bonchev–Trinajstić information content (AvgIpc) is 2.52. The Morgan fingerprint density at radius 3 is 2.22 bits per heavy atom. The Morgan fingerprint density at radius 1 is 1.22 bits per heavy atom. The van der Waals surface area contributed by atoms with Crippen LogP contribution in [0.5, 0.6) is 5.75 Å². The second-order valence-electron chi connectivity index (χ2n) is 5.41. The van der Waals surface area contributed by atoms with Gasteiger partial charge in [0, 0.05) is 12.6 Å².